The summed E-state index contributed by atoms with van der Waals surface area (Å²) in [4.78, 5) is 54.3. The molecule has 0 aliphatic carbocycles. The summed E-state index contributed by atoms with van der Waals surface area (Å²) in [5, 5.41) is 9.16. The van der Waals surface area contributed by atoms with Crippen LogP contribution in [-0.4, -0.2) is 41.2 Å². The van der Waals surface area contributed by atoms with Gasteiger partial charge in [-0.2, -0.15) is 5.26 Å². The van der Waals surface area contributed by atoms with Gasteiger partial charge in [0.15, 0.2) is 5.78 Å². The number of nitriles is 1. The number of nitrogens with zero attached hydrogens (tertiary/aromatic N) is 3. The SMILES string of the molecule is CCCC(=O)C(C)(C)n1c(=O)c2c(C)c(C(=O)OCC)sc2n(C[C@H](OCCC#N)c2cc(F)ccc2OC)c1=O. The number of aryl methyl sites for hydroxylation is 1. The molecule has 1 atom stereocenters. The summed E-state index contributed by atoms with van der Waals surface area (Å²) in [5.41, 5.74) is -2.40. The fourth-order valence-corrected chi connectivity index (χ4v) is 5.86. The molecule has 0 spiro atoms. The van der Waals surface area contributed by atoms with Crippen molar-refractivity contribution in [2.75, 3.05) is 20.3 Å². The third kappa shape index (κ3) is 6.26. The smallest absolute Gasteiger partial charge is 0.348 e. The first-order valence-electron chi connectivity index (χ1n) is 13.3. The summed E-state index contributed by atoms with van der Waals surface area (Å²) in [7, 11) is 1.41. The van der Waals surface area contributed by atoms with E-state index >= 15 is 0 Å². The van der Waals surface area contributed by atoms with Crippen LogP contribution in [0.4, 0.5) is 4.39 Å². The quantitative estimate of drug-likeness (QED) is 0.209. The number of rotatable bonds is 13. The molecule has 0 fully saturated rings. The maximum Gasteiger partial charge on any atom is 0.348 e. The zero-order valence-corrected chi connectivity index (χ0v) is 24.9. The predicted molar refractivity (Wildman–Crippen MR) is 152 cm³/mol. The third-order valence-electron chi connectivity index (χ3n) is 6.81. The highest BCUT2D eigenvalue weighted by Gasteiger charge is 2.35. The fourth-order valence-electron chi connectivity index (χ4n) is 4.66. The van der Waals surface area contributed by atoms with Crippen molar-refractivity contribution in [3.63, 3.8) is 0 Å². The predicted octanol–water partition coefficient (Wildman–Crippen LogP) is 4.63. The van der Waals surface area contributed by atoms with Crippen molar-refractivity contribution in [2.45, 2.75) is 72.1 Å². The third-order valence-corrected chi connectivity index (χ3v) is 8.11. The van der Waals surface area contributed by atoms with Crippen molar-refractivity contribution in [2.24, 2.45) is 0 Å². The van der Waals surface area contributed by atoms with Gasteiger partial charge >= 0.3 is 11.7 Å². The molecule has 0 saturated heterocycles. The van der Waals surface area contributed by atoms with Crippen LogP contribution < -0.4 is 16.0 Å². The number of hydrogen-bond donors (Lipinski definition) is 0. The van der Waals surface area contributed by atoms with Gasteiger partial charge in [-0.15, -0.1) is 11.3 Å². The van der Waals surface area contributed by atoms with Crippen molar-refractivity contribution >= 4 is 33.3 Å². The number of methoxy groups -OCH3 is 1. The molecule has 2 heterocycles. The molecule has 0 N–H and O–H groups in total. The van der Waals surface area contributed by atoms with Gasteiger partial charge in [0.1, 0.15) is 32.9 Å². The molecule has 0 unspecified atom stereocenters. The molecule has 3 rings (SSSR count). The van der Waals surface area contributed by atoms with Crippen molar-refractivity contribution in [1.29, 1.82) is 5.26 Å². The maximum absolute atomic E-state index is 14.4. The van der Waals surface area contributed by atoms with Crippen molar-refractivity contribution in [1.82, 2.24) is 9.13 Å². The zero-order valence-electron chi connectivity index (χ0n) is 24.0. The topological polar surface area (TPSA) is 130 Å². The largest absolute Gasteiger partial charge is 0.496 e. The number of carbonyl (C=O) groups excluding carboxylic acids is 2. The first kappa shape index (κ1) is 31.7. The molecule has 0 saturated carbocycles. The Kier molecular flexibility index (Phi) is 10.2. The number of carbonyl (C=O) groups is 2. The molecule has 0 radical (unpaired) electrons. The van der Waals surface area contributed by atoms with Crippen LogP contribution in [0.1, 0.15) is 73.9 Å². The first-order chi connectivity index (χ1) is 19.4. The van der Waals surface area contributed by atoms with Gasteiger partial charge in [-0.25, -0.2) is 18.5 Å². The Balaban J connectivity index is 2.39. The lowest BCUT2D eigenvalue weighted by Gasteiger charge is -2.27. The molecule has 0 bridgehead atoms. The lowest BCUT2D eigenvalue weighted by Crippen LogP contribution is -2.52. The van der Waals surface area contributed by atoms with E-state index in [9.17, 15) is 23.6 Å². The number of esters is 1. The highest BCUT2D eigenvalue weighted by atomic mass is 32.1. The number of thiophene rings is 1. The molecule has 12 heteroatoms. The number of fused-ring (bicyclic) bond motifs is 1. The number of halogens is 1. The minimum atomic E-state index is -1.51. The maximum atomic E-state index is 14.4. The monoisotopic (exact) mass is 587 g/mol. The average Bonchev–Trinajstić information content (AvgIpc) is 3.27. The van der Waals surface area contributed by atoms with Crippen molar-refractivity contribution < 1.29 is 28.2 Å². The summed E-state index contributed by atoms with van der Waals surface area (Å²) >= 11 is 0.920. The molecular formula is C29H34FN3O7S. The molecule has 0 aliphatic heterocycles. The van der Waals surface area contributed by atoms with E-state index in [0.717, 1.165) is 15.9 Å². The number of ether oxygens (including phenoxy) is 3. The number of ketones is 1. The van der Waals surface area contributed by atoms with Crippen LogP contribution in [0.2, 0.25) is 0 Å². The van der Waals surface area contributed by atoms with Gasteiger partial charge in [0, 0.05) is 12.0 Å². The van der Waals surface area contributed by atoms with Crippen LogP contribution in [0.5, 0.6) is 5.75 Å². The van der Waals surface area contributed by atoms with E-state index in [1.807, 2.05) is 13.0 Å². The molecule has 3 aromatic rings. The first-order valence-corrected chi connectivity index (χ1v) is 14.1. The van der Waals surface area contributed by atoms with Crippen LogP contribution >= 0.6 is 11.3 Å². The van der Waals surface area contributed by atoms with Gasteiger partial charge in [-0.1, -0.05) is 6.92 Å². The van der Waals surface area contributed by atoms with Crippen LogP contribution in [-0.2, 0) is 26.4 Å². The Morgan fingerprint density at radius 3 is 2.54 bits per heavy atom. The summed E-state index contributed by atoms with van der Waals surface area (Å²) in [5.74, 6) is -1.23. The number of hydrogen-bond acceptors (Lipinski definition) is 9. The van der Waals surface area contributed by atoms with Crippen molar-refractivity contribution in [3.05, 3.63) is 60.9 Å². The number of Topliss-reactive ketones (excluding diaryl/α,β-unsaturated/α-hetero) is 1. The van der Waals surface area contributed by atoms with Crippen LogP contribution in [0.15, 0.2) is 27.8 Å². The molecule has 2 aromatic heterocycles. The molecular weight excluding hydrogens is 553 g/mol. The van der Waals surface area contributed by atoms with Gasteiger partial charge in [0.2, 0.25) is 0 Å². The van der Waals surface area contributed by atoms with Gasteiger partial charge in [-0.3, -0.25) is 14.2 Å². The number of benzene rings is 1. The molecule has 41 heavy (non-hydrogen) atoms. The second-order valence-corrected chi connectivity index (χ2v) is 10.9. The highest BCUT2D eigenvalue weighted by Crippen LogP contribution is 2.33. The van der Waals surface area contributed by atoms with Crippen LogP contribution in [0.3, 0.4) is 0 Å². The Morgan fingerprint density at radius 1 is 1.22 bits per heavy atom. The Hall–Kier alpha value is -3.82. The van der Waals surface area contributed by atoms with Crippen LogP contribution in [0.25, 0.3) is 10.2 Å². The molecule has 0 aliphatic rings. The Labute approximate surface area is 240 Å². The molecule has 10 nitrogen and oxygen atoms in total. The molecule has 1 aromatic carbocycles. The van der Waals surface area contributed by atoms with E-state index in [2.05, 4.69) is 0 Å². The second kappa shape index (κ2) is 13.2. The summed E-state index contributed by atoms with van der Waals surface area (Å²) in [6, 6.07) is 5.84. The van der Waals surface area contributed by atoms with E-state index in [-0.39, 0.29) is 59.0 Å². The zero-order chi connectivity index (χ0) is 30.5. The van der Waals surface area contributed by atoms with Gasteiger partial charge < -0.3 is 14.2 Å². The van der Waals surface area contributed by atoms with Gasteiger partial charge in [0.05, 0.1) is 44.7 Å². The molecule has 0 amide bonds. The van der Waals surface area contributed by atoms with E-state index < -0.39 is 34.7 Å². The Morgan fingerprint density at radius 2 is 1.93 bits per heavy atom. The standard InChI is InChI=1S/C29H34FN3O7S/c1-7-10-22(34)29(4,5)33-25(35)23-17(3)24(27(36)39-8-2)41-26(23)32(28(33)37)16-21(40-14-9-13-31)19-15-18(30)11-12-20(19)38-6/h11-12,15,21H,7-10,14,16H2,1-6H3/t21-/m0/s1. The second-order valence-electron chi connectivity index (χ2n) is 9.88. The lowest BCUT2D eigenvalue weighted by atomic mass is 9.95. The minimum absolute atomic E-state index is 0.0294. The Bertz CT molecular complexity index is 1610. The normalized spacial score (nSPS) is 12.2. The van der Waals surface area contributed by atoms with E-state index in [1.54, 1.807) is 13.8 Å². The number of aromatic nitrogens is 2. The van der Waals surface area contributed by atoms with Crippen LogP contribution in [0, 0.1) is 24.1 Å². The highest BCUT2D eigenvalue weighted by molar-refractivity contribution is 7.20. The summed E-state index contributed by atoms with van der Waals surface area (Å²) in [6.45, 7) is 7.92. The summed E-state index contributed by atoms with van der Waals surface area (Å²) in [6.07, 6.45) is -0.300. The average molecular weight is 588 g/mol. The van der Waals surface area contributed by atoms with E-state index in [0.29, 0.717) is 17.7 Å². The van der Waals surface area contributed by atoms with Gasteiger partial charge in [0.25, 0.3) is 5.56 Å². The van der Waals surface area contributed by atoms with E-state index in [1.165, 1.54) is 43.7 Å². The minimum Gasteiger partial charge on any atom is -0.496 e. The fraction of sp³-hybridized carbons (Fsp3) is 0.483. The molecule has 220 valence electrons. The van der Waals surface area contributed by atoms with E-state index in [4.69, 9.17) is 19.5 Å². The van der Waals surface area contributed by atoms with Gasteiger partial charge in [-0.05, 0) is 57.9 Å². The lowest BCUT2D eigenvalue weighted by molar-refractivity contribution is -0.126. The van der Waals surface area contributed by atoms with Crippen molar-refractivity contribution in [3.8, 4) is 11.8 Å². The summed E-state index contributed by atoms with van der Waals surface area (Å²) < 4.78 is 33.1.